The number of aromatic nitrogens is 1. The molecule has 1 aromatic heterocycles. The lowest BCUT2D eigenvalue weighted by atomic mass is 10.1. The smallest absolute Gasteiger partial charge is 0.101 e. The van der Waals surface area contributed by atoms with Crippen LogP contribution in [-0.2, 0) is 0 Å². The van der Waals surface area contributed by atoms with Gasteiger partial charge in [0.25, 0.3) is 0 Å². The minimum Gasteiger partial charge on any atom is -0.260 e. The van der Waals surface area contributed by atoms with Gasteiger partial charge in [0.2, 0.25) is 0 Å². The molecule has 15 heavy (non-hydrogen) atoms. The van der Waals surface area contributed by atoms with Crippen LogP contribution >= 0.6 is 0 Å². The van der Waals surface area contributed by atoms with Crippen LogP contribution in [0, 0.1) is 18.3 Å². The predicted molar refractivity (Wildman–Crippen MR) is 59.1 cm³/mol. The number of nitrogens with zero attached hydrogens (tertiary/aromatic N) is 2. The molecule has 0 saturated heterocycles. The number of rotatable bonds is 1. The highest BCUT2D eigenvalue weighted by molar-refractivity contribution is 5.64. The number of hydrogen-bond donors (Lipinski definition) is 0. The van der Waals surface area contributed by atoms with Crippen LogP contribution < -0.4 is 0 Å². The Morgan fingerprint density at radius 1 is 1.13 bits per heavy atom. The molecule has 2 rings (SSSR count). The predicted octanol–water partition coefficient (Wildman–Crippen LogP) is 2.93. The van der Waals surface area contributed by atoms with Crippen molar-refractivity contribution in [2.45, 2.75) is 6.92 Å². The zero-order chi connectivity index (χ0) is 10.7. The van der Waals surface area contributed by atoms with E-state index in [0.29, 0.717) is 5.56 Å². The van der Waals surface area contributed by atoms with Crippen molar-refractivity contribution in [1.82, 2.24) is 4.98 Å². The number of benzene rings is 1. The molecular formula is C13H10N2. The van der Waals surface area contributed by atoms with Crippen LogP contribution in [0.3, 0.4) is 0 Å². The van der Waals surface area contributed by atoms with E-state index >= 15 is 0 Å². The zero-order valence-corrected chi connectivity index (χ0v) is 8.44. The van der Waals surface area contributed by atoms with Gasteiger partial charge >= 0.3 is 0 Å². The van der Waals surface area contributed by atoms with Crippen LogP contribution in [-0.4, -0.2) is 4.98 Å². The van der Waals surface area contributed by atoms with E-state index in [1.807, 2.05) is 43.3 Å². The van der Waals surface area contributed by atoms with E-state index in [2.05, 4.69) is 11.1 Å². The molecule has 0 spiro atoms. The fraction of sp³-hybridized carbons (Fsp3) is 0.0769. The van der Waals surface area contributed by atoms with E-state index in [0.717, 1.165) is 16.8 Å². The van der Waals surface area contributed by atoms with Gasteiger partial charge in [-0.25, -0.2) is 0 Å². The number of nitriles is 1. The summed E-state index contributed by atoms with van der Waals surface area (Å²) in [6.07, 6.45) is 1.80. The molecule has 0 aliphatic carbocycles. The van der Waals surface area contributed by atoms with Gasteiger partial charge in [0, 0.05) is 11.8 Å². The lowest BCUT2D eigenvalue weighted by Crippen LogP contribution is -1.88. The maximum atomic E-state index is 8.90. The molecule has 0 aliphatic heterocycles. The van der Waals surface area contributed by atoms with E-state index in [-0.39, 0.29) is 0 Å². The summed E-state index contributed by atoms with van der Waals surface area (Å²) < 4.78 is 0. The van der Waals surface area contributed by atoms with Crippen LogP contribution in [0.5, 0.6) is 0 Å². The van der Waals surface area contributed by atoms with Crippen LogP contribution in [0.1, 0.15) is 11.3 Å². The van der Waals surface area contributed by atoms with Crippen LogP contribution in [0.15, 0.2) is 42.6 Å². The molecule has 0 radical (unpaired) electrons. The monoisotopic (exact) mass is 194 g/mol. The molecule has 2 aromatic rings. The lowest BCUT2D eigenvalue weighted by molar-refractivity contribution is 1.18. The average molecular weight is 194 g/mol. The quantitative estimate of drug-likeness (QED) is 0.699. The summed E-state index contributed by atoms with van der Waals surface area (Å²) in [4.78, 5) is 4.20. The molecule has 0 unspecified atom stereocenters. The first-order valence-electron chi connectivity index (χ1n) is 4.73. The van der Waals surface area contributed by atoms with Crippen molar-refractivity contribution in [2.75, 3.05) is 0 Å². The molecule has 2 heteroatoms. The topological polar surface area (TPSA) is 36.7 Å². The Morgan fingerprint density at radius 2 is 1.87 bits per heavy atom. The third kappa shape index (κ3) is 1.87. The highest BCUT2D eigenvalue weighted by Crippen LogP contribution is 2.19. The van der Waals surface area contributed by atoms with E-state index in [9.17, 15) is 0 Å². The molecular weight excluding hydrogens is 184 g/mol. The van der Waals surface area contributed by atoms with Gasteiger partial charge in [0.1, 0.15) is 6.07 Å². The van der Waals surface area contributed by atoms with Crippen molar-refractivity contribution in [3.05, 3.63) is 53.9 Å². The SMILES string of the molecule is Cc1ncc(-c2ccccc2)cc1C#N. The van der Waals surface area contributed by atoms with Crippen molar-refractivity contribution in [3.63, 3.8) is 0 Å². The molecule has 2 nitrogen and oxygen atoms in total. The Hall–Kier alpha value is -2.14. The van der Waals surface area contributed by atoms with Crippen LogP contribution in [0.4, 0.5) is 0 Å². The van der Waals surface area contributed by atoms with Gasteiger partial charge in [-0.05, 0) is 18.6 Å². The molecule has 0 N–H and O–H groups in total. The molecule has 0 atom stereocenters. The Labute approximate surface area is 88.8 Å². The second kappa shape index (κ2) is 3.93. The first kappa shape index (κ1) is 9.42. The van der Waals surface area contributed by atoms with Gasteiger partial charge in [-0.3, -0.25) is 4.98 Å². The molecule has 72 valence electrons. The minimum absolute atomic E-state index is 0.636. The van der Waals surface area contributed by atoms with Gasteiger partial charge in [0.15, 0.2) is 0 Å². The first-order valence-corrected chi connectivity index (χ1v) is 4.73. The lowest BCUT2D eigenvalue weighted by Gasteiger charge is -2.02. The Bertz CT molecular complexity index is 510. The molecule has 0 bridgehead atoms. The number of pyridine rings is 1. The minimum atomic E-state index is 0.636. The Balaban J connectivity index is 2.52. The van der Waals surface area contributed by atoms with E-state index in [1.165, 1.54) is 0 Å². The van der Waals surface area contributed by atoms with Crippen LogP contribution in [0.25, 0.3) is 11.1 Å². The third-order valence-electron chi connectivity index (χ3n) is 2.31. The summed E-state index contributed by atoms with van der Waals surface area (Å²) in [7, 11) is 0. The molecule has 0 aliphatic rings. The van der Waals surface area contributed by atoms with Gasteiger partial charge in [-0.1, -0.05) is 30.3 Å². The van der Waals surface area contributed by atoms with Gasteiger partial charge in [0.05, 0.1) is 11.3 Å². The van der Waals surface area contributed by atoms with Crippen molar-refractivity contribution in [1.29, 1.82) is 5.26 Å². The zero-order valence-electron chi connectivity index (χ0n) is 8.44. The largest absolute Gasteiger partial charge is 0.260 e. The molecule has 1 heterocycles. The maximum absolute atomic E-state index is 8.90. The summed E-state index contributed by atoms with van der Waals surface area (Å²) >= 11 is 0. The number of aryl methyl sites for hydroxylation is 1. The first-order chi connectivity index (χ1) is 7.31. The number of hydrogen-bond acceptors (Lipinski definition) is 2. The second-order valence-electron chi connectivity index (χ2n) is 3.33. The van der Waals surface area contributed by atoms with E-state index < -0.39 is 0 Å². The van der Waals surface area contributed by atoms with Crippen molar-refractivity contribution in [3.8, 4) is 17.2 Å². The highest BCUT2D eigenvalue weighted by Gasteiger charge is 2.02. The molecule has 1 aromatic carbocycles. The standard InChI is InChI=1S/C13H10N2/c1-10-12(8-14)7-13(9-15-10)11-5-3-2-4-6-11/h2-7,9H,1H3. The summed E-state index contributed by atoms with van der Waals surface area (Å²) in [6.45, 7) is 1.84. The van der Waals surface area contributed by atoms with E-state index in [4.69, 9.17) is 5.26 Å². The summed E-state index contributed by atoms with van der Waals surface area (Å²) in [5.74, 6) is 0. The fourth-order valence-corrected chi connectivity index (χ4v) is 1.43. The van der Waals surface area contributed by atoms with Crippen molar-refractivity contribution >= 4 is 0 Å². The van der Waals surface area contributed by atoms with Gasteiger partial charge in [-0.2, -0.15) is 5.26 Å². The normalized spacial score (nSPS) is 9.60. The maximum Gasteiger partial charge on any atom is 0.101 e. The Kier molecular flexibility index (Phi) is 2.47. The second-order valence-corrected chi connectivity index (χ2v) is 3.33. The Morgan fingerprint density at radius 3 is 2.53 bits per heavy atom. The third-order valence-corrected chi connectivity index (χ3v) is 2.31. The molecule has 0 fully saturated rings. The van der Waals surface area contributed by atoms with Gasteiger partial charge in [-0.15, -0.1) is 0 Å². The molecule has 0 saturated carbocycles. The summed E-state index contributed by atoms with van der Waals surface area (Å²) in [5, 5.41) is 8.90. The average Bonchev–Trinajstić information content (AvgIpc) is 2.31. The van der Waals surface area contributed by atoms with Crippen molar-refractivity contribution in [2.24, 2.45) is 0 Å². The molecule has 0 amide bonds. The van der Waals surface area contributed by atoms with E-state index in [1.54, 1.807) is 6.20 Å². The van der Waals surface area contributed by atoms with Crippen LogP contribution in [0.2, 0.25) is 0 Å². The van der Waals surface area contributed by atoms with Crippen molar-refractivity contribution < 1.29 is 0 Å². The summed E-state index contributed by atoms with van der Waals surface area (Å²) in [6, 6.07) is 13.9. The fourth-order valence-electron chi connectivity index (χ4n) is 1.43. The van der Waals surface area contributed by atoms with Gasteiger partial charge < -0.3 is 0 Å². The highest BCUT2D eigenvalue weighted by atomic mass is 14.7. The summed E-state index contributed by atoms with van der Waals surface area (Å²) in [5.41, 5.74) is 3.48.